The Bertz CT molecular complexity index is 617. The number of nitrogens with two attached hydrogens (primary N) is 1. The highest BCUT2D eigenvalue weighted by molar-refractivity contribution is 9.10. The van der Waals surface area contributed by atoms with E-state index in [9.17, 15) is 8.78 Å². The van der Waals surface area contributed by atoms with Gasteiger partial charge >= 0.3 is 0 Å². The lowest BCUT2D eigenvalue weighted by molar-refractivity contribution is 0.534. The highest BCUT2D eigenvalue weighted by Crippen LogP contribution is 2.30. The molecule has 0 aromatic heterocycles. The first-order valence-electron chi connectivity index (χ1n) is 6.11. The standard InChI is InChI=1S/C15H13Br2F2N/c16-12-4-2-1-3-10(12)9(8-20)7-11-14(18)6-5-13(17)15(11)19/h1-6,9H,7-8,20H2. The van der Waals surface area contributed by atoms with E-state index in [0.717, 1.165) is 10.0 Å². The zero-order chi connectivity index (χ0) is 14.7. The molecule has 0 amide bonds. The van der Waals surface area contributed by atoms with Gasteiger partial charge in [-0.2, -0.15) is 0 Å². The van der Waals surface area contributed by atoms with E-state index in [0.29, 0.717) is 6.54 Å². The van der Waals surface area contributed by atoms with E-state index >= 15 is 0 Å². The molecule has 0 heterocycles. The average Bonchev–Trinajstić information content (AvgIpc) is 2.45. The molecule has 0 saturated heterocycles. The van der Waals surface area contributed by atoms with Crippen molar-refractivity contribution in [2.75, 3.05) is 6.54 Å². The van der Waals surface area contributed by atoms with Crippen LogP contribution in [0.5, 0.6) is 0 Å². The Morgan fingerprint density at radius 3 is 2.35 bits per heavy atom. The molecule has 2 aromatic rings. The van der Waals surface area contributed by atoms with Gasteiger partial charge in [-0.3, -0.25) is 0 Å². The summed E-state index contributed by atoms with van der Waals surface area (Å²) >= 11 is 6.53. The van der Waals surface area contributed by atoms with Gasteiger partial charge in [0.25, 0.3) is 0 Å². The van der Waals surface area contributed by atoms with E-state index in [4.69, 9.17) is 5.73 Å². The molecule has 2 rings (SSSR count). The molecular weight excluding hydrogens is 392 g/mol. The van der Waals surface area contributed by atoms with Crippen LogP contribution in [0, 0.1) is 11.6 Å². The minimum Gasteiger partial charge on any atom is -0.330 e. The van der Waals surface area contributed by atoms with Crippen LogP contribution >= 0.6 is 31.9 Å². The molecule has 1 atom stereocenters. The normalized spacial score (nSPS) is 12.4. The fraction of sp³-hybridized carbons (Fsp3) is 0.200. The highest BCUT2D eigenvalue weighted by atomic mass is 79.9. The predicted octanol–water partition coefficient (Wildman–Crippen LogP) is 4.77. The molecule has 106 valence electrons. The number of halogens is 4. The van der Waals surface area contributed by atoms with Gasteiger partial charge < -0.3 is 5.73 Å². The van der Waals surface area contributed by atoms with Gasteiger partial charge in [0.1, 0.15) is 11.6 Å². The van der Waals surface area contributed by atoms with Gasteiger partial charge in [0, 0.05) is 16.0 Å². The molecule has 0 spiro atoms. The quantitative estimate of drug-likeness (QED) is 0.729. The van der Waals surface area contributed by atoms with Crippen LogP contribution in [0.4, 0.5) is 8.78 Å². The minimum atomic E-state index is -0.560. The molecule has 0 fully saturated rings. The predicted molar refractivity (Wildman–Crippen MR) is 83.7 cm³/mol. The van der Waals surface area contributed by atoms with Crippen LogP contribution in [0.15, 0.2) is 45.3 Å². The second-order valence-electron chi connectivity index (χ2n) is 4.48. The molecule has 0 saturated carbocycles. The van der Waals surface area contributed by atoms with Crippen molar-refractivity contribution in [1.29, 1.82) is 0 Å². The van der Waals surface area contributed by atoms with Gasteiger partial charge in [-0.25, -0.2) is 8.78 Å². The smallest absolute Gasteiger partial charge is 0.143 e. The fourth-order valence-corrected chi connectivity index (χ4v) is 3.11. The van der Waals surface area contributed by atoms with E-state index < -0.39 is 11.6 Å². The van der Waals surface area contributed by atoms with Crippen molar-refractivity contribution >= 4 is 31.9 Å². The second-order valence-corrected chi connectivity index (χ2v) is 6.19. The van der Waals surface area contributed by atoms with Gasteiger partial charge in [0.05, 0.1) is 4.47 Å². The Balaban J connectivity index is 2.37. The number of benzene rings is 2. The topological polar surface area (TPSA) is 26.0 Å². The average molecular weight is 405 g/mol. The lowest BCUT2D eigenvalue weighted by Gasteiger charge is -2.18. The van der Waals surface area contributed by atoms with Crippen LogP contribution in [0.1, 0.15) is 17.0 Å². The zero-order valence-corrected chi connectivity index (χ0v) is 13.7. The molecule has 1 nitrogen and oxygen atoms in total. The lowest BCUT2D eigenvalue weighted by atomic mass is 9.91. The summed E-state index contributed by atoms with van der Waals surface area (Å²) in [6.45, 7) is 0.313. The molecule has 2 N–H and O–H groups in total. The van der Waals surface area contributed by atoms with Crippen LogP contribution in [-0.4, -0.2) is 6.54 Å². The summed E-state index contributed by atoms with van der Waals surface area (Å²) in [5, 5.41) is 0. The Labute approximate surface area is 133 Å². The van der Waals surface area contributed by atoms with Gasteiger partial charge in [-0.05, 0) is 52.7 Å². The van der Waals surface area contributed by atoms with Gasteiger partial charge in [-0.15, -0.1) is 0 Å². The van der Waals surface area contributed by atoms with Crippen LogP contribution < -0.4 is 5.73 Å². The Morgan fingerprint density at radius 1 is 1.00 bits per heavy atom. The first-order chi connectivity index (χ1) is 9.54. The first-order valence-corrected chi connectivity index (χ1v) is 7.70. The van der Waals surface area contributed by atoms with Crippen molar-refractivity contribution < 1.29 is 8.78 Å². The second kappa shape index (κ2) is 6.78. The van der Waals surface area contributed by atoms with E-state index in [-0.39, 0.29) is 22.4 Å². The molecule has 1 unspecified atom stereocenters. The van der Waals surface area contributed by atoms with Crippen LogP contribution in [0.25, 0.3) is 0 Å². The molecule has 0 radical (unpaired) electrons. The Hall–Kier alpha value is -0.780. The molecule has 0 aliphatic rings. The van der Waals surface area contributed by atoms with Crippen molar-refractivity contribution in [2.24, 2.45) is 5.73 Å². The van der Waals surface area contributed by atoms with Crippen LogP contribution in [0.2, 0.25) is 0 Å². The van der Waals surface area contributed by atoms with Gasteiger partial charge in [0.15, 0.2) is 0 Å². The van der Waals surface area contributed by atoms with Crippen molar-refractivity contribution in [3.8, 4) is 0 Å². The number of hydrogen-bond acceptors (Lipinski definition) is 1. The summed E-state index contributed by atoms with van der Waals surface area (Å²) in [5.74, 6) is -1.25. The molecule has 0 aliphatic carbocycles. The monoisotopic (exact) mass is 403 g/mol. The van der Waals surface area contributed by atoms with Crippen LogP contribution in [-0.2, 0) is 6.42 Å². The van der Waals surface area contributed by atoms with Gasteiger partial charge in [0.2, 0.25) is 0 Å². The minimum absolute atomic E-state index is 0.0607. The Kier molecular flexibility index (Phi) is 5.29. The molecule has 0 aliphatic heterocycles. The summed E-state index contributed by atoms with van der Waals surface area (Å²) in [4.78, 5) is 0. The maximum Gasteiger partial charge on any atom is 0.143 e. The summed E-state index contributed by atoms with van der Waals surface area (Å²) < 4.78 is 29.0. The zero-order valence-electron chi connectivity index (χ0n) is 10.5. The SMILES string of the molecule is NCC(Cc1c(F)ccc(Br)c1F)c1ccccc1Br. The first kappa shape index (κ1) is 15.6. The Morgan fingerprint density at radius 2 is 1.70 bits per heavy atom. The van der Waals surface area contributed by atoms with Crippen molar-refractivity contribution in [3.63, 3.8) is 0 Å². The van der Waals surface area contributed by atoms with Crippen molar-refractivity contribution in [3.05, 3.63) is 68.1 Å². The van der Waals surface area contributed by atoms with Crippen LogP contribution in [0.3, 0.4) is 0 Å². The van der Waals surface area contributed by atoms with E-state index in [1.165, 1.54) is 12.1 Å². The largest absolute Gasteiger partial charge is 0.330 e. The summed E-state index contributed by atoms with van der Waals surface area (Å²) in [5.41, 5.74) is 6.80. The van der Waals surface area contributed by atoms with E-state index in [1.807, 2.05) is 24.3 Å². The molecule has 2 aromatic carbocycles. The maximum atomic E-state index is 14.0. The molecule has 0 bridgehead atoms. The third-order valence-electron chi connectivity index (χ3n) is 3.22. The third kappa shape index (κ3) is 3.27. The number of rotatable bonds is 4. The molecular formula is C15H13Br2F2N. The summed E-state index contributed by atoms with van der Waals surface area (Å²) in [6.07, 6.45) is 0.218. The summed E-state index contributed by atoms with van der Waals surface area (Å²) in [7, 11) is 0. The lowest BCUT2D eigenvalue weighted by Crippen LogP contribution is -2.17. The van der Waals surface area contributed by atoms with Crippen molar-refractivity contribution in [1.82, 2.24) is 0 Å². The van der Waals surface area contributed by atoms with E-state index in [2.05, 4.69) is 31.9 Å². The van der Waals surface area contributed by atoms with Crippen molar-refractivity contribution in [2.45, 2.75) is 12.3 Å². The van der Waals surface area contributed by atoms with Gasteiger partial charge in [-0.1, -0.05) is 34.1 Å². The van der Waals surface area contributed by atoms with E-state index in [1.54, 1.807) is 0 Å². The fourth-order valence-electron chi connectivity index (χ4n) is 2.13. The number of hydrogen-bond donors (Lipinski definition) is 1. The molecule has 5 heteroatoms. The maximum absolute atomic E-state index is 14.0. The highest BCUT2D eigenvalue weighted by Gasteiger charge is 2.19. The molecule has 20 heavy (non-hydrogen) atoms. The summed E-state index contributed by atoms with van der Waals surface area (Å²) in [6, 6.07) is 10.2. The third-order valence-corrected chi connectivity index (χ3v) is 4.55.